The fourth-order valence-corrected chi connectivity index (χ4v) is 4.08. The van der Waals surface area contributed by atoms with E-state index < -0.39 is 0 Å². The van der Waals surface area contributed by atoms with Crippen molar-refractivity contribution in [3.63, 3.8) is 0 Å². The number of phenolic OH excluding ortho intramolecular Hbond substituents is 1. The second-order valence-corrected chi connectivity index (χ2v) is 7.67. The number of ether oxygens (including phenoxy) is 1. The van der Waals surface area contributed by atoms with Crippen LogP contribution in [0.3, 0.4) is 0 Å². The second kappa shape index (κ2) is 7.55. The zero-order valence-corrected chi connectivity index (χ0v) is 16.2. The van der Waals surface area contributed by atoms with Gasteiger partial charge in [0, 0.05) is 22.2 Å². The van der Waals surface area contributed by atoms with Gasteiger partial charge in [-0.15, -0.1) is 0 Å². The summed E-state index contributed by atoms with van der Waals surface area (Å²) >= 11 is 12.4. The van der Waals surface area contributed by atoms with E-state index in [2.05, 4.69) is 4.90 Å². The minimum Gasteiger partial charge on any atom is -0.507 e. The molecule has 2 aliphatic rings. The van der Waals surface area contributed by atoms with Crippen molar-refractivity contribution >= 4 is 35.1 Å². The first-order valence-corrected chi connectivity index (χ1v) is 9.75. The maximum atomic E-state index is 12.8. The summed E-state index contributed by atoms with van der Waals surface area (Å²) in [6.07, 6.45) is 5.09. The summed E-state index contributed by atoms with van der Waals surface area (Å²) in [6, 6.07) is 8.32. The van der Waals surface area contributed by atoms with Gasteiger partial charge in [0.1, 0.15) is 11.5 Å². The fourth-order valence-electron chi connectivity index (χ4n) is 3.57. The van der Waals surface area contributed by atoms with E-state index in [4.69, 9.17) is 27.9 Å². The number of ketones is 1. The van der Waals surface area contributed by atoms with Gasteiger partial charge in [0.2, 0.25) is 5.78 Å². The van der Waals surface area contributed by atoms with Crippen LogP contribution in [0.1, 0.15) is 40.7 Å². The first-order chi connectivity index (χ1) is 13.0. The molecule has 1 N–H and O–H groups in total. The van der Waals surface area contributed by atoms with Gasteiger partial charge in [0.05, 0.1) is 11.1 Å². The van der Waals surface area contributed by atoms with Crippen molar-refractivity contribution in [2.45, 2.75) is 25.8 Å². The van der Waals surface area contributed by atoms with Gasteiger partial charge in [-0.1, -0.05) is 35.7 Å². The molecular formula is C21H19Cl2NO3. The highest BCUT2D eigenvalue weighted by Crippen LogP contribution is 2.41. The van der Waals surface area contributed by atoms with E-state index in [9.17, 15) is 9.90 Å². The molecule has 0 bridgehead atoms. The first kappa shape index (κ1) is 18.4. The smallest absolute Gasteiger partial charge is 0.231 e. The third kappa shape index (κ3) is 3.57. The van der Waals surface area contributed by atoms with Gasteiger partial charge in [0.15, 0.2) is 5.76 Å². The third-order valence-corrected chi connectivity index (χ3v) is 5.68. The van der Waals surface area contributed by atoms with Crippen LogP contribution in [0.15, 0.2) is 36.1 Å². The van der Waals surface area contributed by atoms with Gasteiger partial charge in [-0.25, -0.2) is 0 Å². The lowest BCUT2D eigenvalue weighted by molar-refractivity contribution is 0.101. The van der Waals surface area contributed by atoms with Crippen molar-refractivity contribution in [3.8, 4) is 11.5 Å². The van der Waals surface area contributed by atoms with E-state index >= 15 is 0 Å². The van der Waals surface area contributed by atoms with Crippen molar-refractivity contribution in [1.29, 1.82) is 0 Å². The van der Waals surface area contributed by atoms with Crippen molar-refractivity contribution in [2.24, 2.45) is 0 Å². The summed E-state index contributed by atoms with van der Waals surface area (Å²) in [6.45, 7) is 2.52. The highest BCUT2D eigenvalue weighted by Gasteiger charge is 2.32. The Labute approximate surface area is 168 Å². The number of phenols is 1. The number of piperidine rings is 1. The van der Waals surface area contributed by atoms with Crippen molar-refractivity contribution in [1.82, 2.24) is 4.90 Å². The summed E-state index contributed by atoms with van der Waals surface area (Å²) in [4.78, 5) is 15.1. The molecule has 0 radical (unpaired) electrons. The van der Waals surface area contributed by atoms with Crippen LogP contribution in [0.5, 0.6) is 11.5 Å². The lowest BCUT2D eigenvalue weighted by Gasteiger charge is -2.27. The van der Waals surface area contributed by atoms with Crippen LogP contribution in [0.2, 0.25) is 10.0 Å². The van der Waals surface area contributed by atoms with E-state index in [-0.39, 0.29) is 17.3 Å². The minimum absolute atomic E-state index is 0.143. The van der Waals surface area contributed by atoms with E-state index in [1.165, 1.54) is 6.42 Å². The Morgan fingerprint density at radius 3 is 2.48 bits per heavy atom. The summed E-state index contributed by atoms with van der Waals surface area (Å²) in [5.74, 6) is 0.496. The number of likely N-dealkylation sites (tertiary alicyclic amines) is 1. The molecule has 4 rings (SSSR count). The van der Waals surface area contributed by atoms with Crippen molar-refractivity contribution < 1.29 is 14.6 Å². The number of Topliss-reactive ketones (excluding diaryl/α,β-unsaturated/α-hetero) is 1. The van der Waals surface area contributed by atoms with Gasteiger partial charge < -0.3 is 9.84 Å². The maximum absolute atomic E-state index is 12.8. The quantitative estimate of drug-likeness (QED) is 0.706. The van der Waals surface area contributed by atoms with E-state index in [1.54, 1.807) is 36.4 Å². The molecule has 0 aliphatic carbocycles. The van der Waals surface area contributed by atoms with Crippen LogP contribution < -0.4 is 4.74 Å². The SMILES string of the molecule is O=C1/C(=C/c2c(Cl)cccc2Cl)Oc2c1ccc(O)c2CN1CCCCC1. The minimum atomic E-state index is -0.235. The number of aromatic hydroxyl groups is 1. The average Bonchev–Trinajstić information content (AvgIpc) is 2.98. The zero-order chi connectivity index (χ0) is 19.0. The number of nitrogens with zero attached hydrogens (tertiary/aromatic N) is 1. The number of benzene rings is 2. The number of allylic oxidation sites excluding steroid dienone is 1. The molecule has 0 saturated carbocycles. The largest absolute Gasteiger partial charge is 0.507 e. The number of fused-ring (bicyclic) bond motifs is 1. The van der Waals surface area contributed by atoms with Gasteiger partial charge in [-0.2, -0.15) is 0 Å². The molecule has 6 heteroatoms. The molecule has 2 aromatic rings. The van der Waals surface area contributed by atoms with Crippen molar-refractivity contribution in [2.75, 3.05) is 13.1 Å². The Balaban J connectivity index is 1.69. The summed E-state index contributed by atoms with van der Waals surface area (Å²) < 4.78 is 5.89. The topological polar surface area (TPSA) is 49.8 Å². The first-order valence-electron chi connectivity index (χ1n) is 9.00. The molecule has 2 aromatic carbocycles. The Kier molecular flexibility index (Phi) is 5.13. The third-order valence-electron chi connectivity index (χ3n) is 5.02. The molecule has 2 aliphatic heterocycles. The van der Waals surface area contributed by atoms with Crippen LogP contribution in [-0.2, 0) is 6.54 Å². The normalized spacial score (nSPS) is 18.6. The molecule has 0 amide bonds. The molecule has 0 unspecified atom stereocenters. The van der Waals surface area contributed by atoms with E-state index in [1.807, 2.05) is 0 Å². The number of carbonyl (C=O) groups excluding carboxylic acids is 1. The fraction of sp³-hybridized carbons (Fsp3) is 0.286. The van der Waals surface area contributed by atoms with Crippen LogP contribution in [0.4, 0.5) is 0 Å². The number of rotatable bonds is 3. The summed E-state index contributed by atoms with van der Waals surface area (Å²) in [7, 11) is 0. The zero-order valence-electron chi connectivity index (χ0n) is 14.7. The monoisotopic (exact) mass is 403 g/mol. The predicted octanol–water partition coefficient (Wildman–Crippen LogP) is 5.30. The number of hydrogen-bond donors (Lipinski definition) is 1. The van der Waals surface area contributed by atoms with Gasteiger partial charge in [0.25, 0.3) is 0 Å². The van der Waals surface area contributed by atoms with Gasteiger partial charge >= 0.3 is 0 Å². The molecule has 0 spiro atoms. The Hall–Kier alpha value is -2.01. The van der Waals surface area contributed by atoms with E-state index in [0.29, 0.717) is 39.0 Å². The highest BCUT2D eigenvalue weighted by molar-refractivity contribution is 6.37. The van der Waals surface area contributed by atoms with Crippen molar-refractivity contribution in [3.05, 3.63) is 62.8 Å². The number of halogens is 2. The molecule has 0 atom stereocenters. The summed E-state index contributed by atoms with van der Waals surface area (Å²) in [5.41, 5.74) is 1.64. The molecule has 1 saturated heterocycles. The van der Waals surface area contributed by atoms with Gasteiger partial charge in [-0.3, -0.25) is 9.69 Å². The molecule has 4 nitrogen and oxygen atoms in total. The Morgan fingerprint density at radius 2 is 1.78 bits per heavy atom. The standard InChI is InChI=1S/C21H19Cl2NO3/c22-16-5-4-6-17(23)14(16)11-19-20(26)13-7-8-18(25)15(21(13)27-19)12-24-9-2-1-3-10-24/h4-8,11,25H,1-3,9-10,12H2/b19-11-. The molecular weight excluding hydrogens is 385 g/mol. The lowest BCUT2D eigenvalue weighted by Crippen LogP contribution is -2.29. The van der Waals surface area contributed by atoms with Crippen LogP contribution >= 0.6 is 23.2 Å². The Morgan fingerprint density at radius 1 is 1.07 bits per heavy atom. The lowest BCUT2D eigenvalue weighted by atomic mass is 10.0. The maximum Gasteiger partial charge on any atom is 0.231 e. The second-order valence-electron chi connectivity index (χ2n) is 6.85. The predicted molar refractivity (Wildman–Crippen MR) is 107 cm³/mol. The molecule has 27 heavy (non-hydrogen) atoms. The van der Waals surface area contributed by atoms with Crippen LogP contribution in [0, 0.1) is 0 Å². The number of hydrogen-bond acceptors (Lipinski definition) is 4. The summed E-state index contributed by atoms with van der Waals surface area (Å²) in [5, 5.41) is 11.3. The number of carbonyl (C=O) groups is 1. The highest BCUT2D eigenvalue weighted by atomic mass is 35.5. The van der Waals surface area contributed by atoms with Crippen LogP contribution in [-0.4, -0.2) is 28.9 Å². The average molecular weight is 404 g/mol. The van der Waals surface area contributed by atoms with Crippen LogP contribution in [0.25, 0.3) is 6.08 Å². The van der Waals surface area contributed by atoms with Gasteiger partial charge in [-0.05, 0) is 56.3 Å². The van der Waals surface area contributed by atoms with E-state index in [0.717, 1.165) is 25.9 Å². The molecule has 0 aromatic heterocycles. The Bertz CT molecular complexity index is 913. The molecule has 2 heterocycles. The molecule has 1 fully saturated rings. The molecule has 140 valence electrons.